The molecule has 0 saturated heterocycles. The smallest absolute Gasteiger partial charge is 0.168 e. The predicted molar refractivity (Wildman–Crippen MR) is 39.3 cm³/mol. The molecule has 2 nitrogen and oxygen atoms in total. The molecule has 0 amide bonds. The third-order valence-electron chi connectivity index (χ3n) is 0.530. The first-order valence-corrected chi connectivity index (χ1v) is 2.45. The number of allylic oxidation sites excluding steroid dienone is 1. The second-order valence-corrected chi connectivity index (χ2v) is 1.66. The summed E-state index contributed by atoms with van der Waals surface area (Å²) in [5.74, 6) is 0. The lowest BCUT2D eigenvalue weighted by atomic mass is 10.5. The van der Waals surface area contributed by atoms with Gasteiger partial charge in [0.05, 0.1) is 0 Å². The topological polar surface area (TPSA) is 38.0 Å². The molecule has 0 fully saturated rings. The zero-order chi connectivity index (χ0) is 6.57. The Hall–Kier alpha value is -0.830. The zero-order valence-corrected chi connectivity index (χ0v) is 5.29. The molecule has 0 aliphatic rings. The molecule has 0 aliphatic carbocycles. The molecule has 8 heavy (non-hydrogen) atoms. The lowest BCUT2D eigenvalue weighted by molar-refractivity contribution is 1.20. The fraction of sp³-hybridized carbons (Fsp3) is 0. The maximum absolute atomic E-state index is 5.08. The summed E-state index contributed by atoms with van der Waals surface area (Å²) in [5, 5.41) is 2.81. The largest absolute Gasteiger partial charge is 0.376 e. The maximum atomic E-state index is 5.08. The van der Waals surface area contributed by atoms with E-state index in [9.17, 15) is 0 Å². The summed E-state index contributed by atoms with van der Waals surface area (Å²) in [4.78, 5) is 0. The van der Waals surface area contributed by atoms with Crippen molar-refractivity contribution in [3.63, 3.8) is 0 Å². The van der Waals surface area contributed by atoms with Crippen molar-refractivity contribution in [2.75, 3.05) is 0 Å². The summed E-state index contributed by atoms with van der Waals surface area (Å²) in [7, 11) is 0. The zero-order valence-electron chi connectivity index (χ0n) is 4.48. The van der Waals surface area contributed by atoms with Crippen LogP contribution in [0.1, 0.15) is 0 Å². The molecule has 0 spiro atoms. The molecule has 0 unspecified atom stereocenters. The van der Waals surface area contributed by atoms with Crippen molar-refractivity contribution in [1.29, 1.82) is 0 Å². The molecule has 0 atom stereocenters. The molecule has 0 aromatic carbocycles. The first kappa shape index (κ1) is 7.17. The highest BCUT2D eigenvalue weighted by molar-refractivity contribution is 7.80. The standard InChI is InChI=1S/C5H8N2S/c1-3-4(2)7-5(6)8/h3H,1-2H2,(H3,6,7,8). The Labute approximate surface area is 54.1 Å². The van der Waals surface area contributed by atoms with Gasteiger partial charge in [0.25, 0.3) is 0 Å². The van der Waals surface area contributed by atoms with E-state index in [1.807, 2.05) is 0 Å². The first-order chi connectivity index (χ1) is 3.66. The van der Waals surface area contributed by atoms with Crippen molar-refractivity contribution in [2.45, 2.75) is 0 Å². The average molecular weight is 128 g/mol. The maximum Gasteiger partial charge on any atom is 0.168 e. The van der Waals surface area contributed by atoms with Crippen LogP contribution in [0.3, 0.4) is 0 Å². The minimum absolute atomic E-state index is 0.218. The van der Waals surface area contributed by atoms with E-state index in [2.05, 4.69) is 30.7 Å². The second kappa shape index (κ2) is 3.21. The van der Waals surface area contributed by atoms with Gasteiger partial charge in [-0.15, -0.1) is 0 Å². The highest BCUT2D eigenvalue weighted by Crippen LogP contribution is 1.80. The van der Waals surface area contributed by atoms with Crippen LogP contribution in [0.4, 0.5) is 0 Å². The van der Waals surface area contributed by atoms with Gasteiger partial charge in [-0.3, -0.25) is 0 Å². The highest BCUT2D eigenvalue weighted by Gasteiger charge is 1.83. The van der Waals surface area contributed by atoms with Gasteiger partial charge in [-0.1, -0.05) is 13.2 Å². The van der Waals surface area contributed by atoms with E-state index in [0.29, 0.717) is 5.70 Å². The highest BCUT2D eigenvalue weighted by atomic mass is 32.1. The van der Waals surface area contributed by atoms with Crippen LogP contribution >= 0.6 is 12.2 Å². The summed E-state index contributed by atoms with van der Waals surface area (Å²) in [5.41, 5.74) is 5.70. The van der Waals surface area contributed by atoms with Gasteiger partial charge in [-0.25, -0.2) is 0 Å². The van der Waals surface area contributed by atoms with Crippen molar-refractivity contribution in [2.24, 2.45) is 5.73 Å². The molecule has 0 bridgehead atoms. The van der Waals surface area contributed by atoms with E-state index < -0.39 is 0 Å². The van der Waals surface area contributed by atoms with Crippen LogP contribution in [0.15, 0.2) is 24.9 Å². The lowest BCUT2D eigenvalue weighted by Crippen LogP contribution is -2.26. The van der Waals surface area contributed by atoms with Crippen LogP contribution in [0.5, 0.6) is 0 Å². The number of hydrogen-bond donors (Lipinski definition) is 2. The summed E-state index contributed by atoms with van der Waals surface area (Å²) in [6.45, 7) is 6.95. The van der Waals surface area contributed by atoms with Gasteiger partial charge in [0.15, 0.2) is 5.11 Å². The fourth-order valence-corrected chi connectivity index (χ4v) is 0.340. The Morgan fingerprint density at radius 2 is 2.25 bits per heavy atom. The molecule has 0 radical (unpaired) electrons. The van der Waals surface area contributed by atoms with E-state index in [0.717, 1.165) is 0 Å². The number of nitrogens with two attached hydrogens (primary N) is 1. The minimum Gasteiger partial charge on any atom is -0.376 e. The average Bonchev–Trinajstić information content (AvgIpc) is 1.65. The number of hydrogen-bond acceptors (Lipinski definition) is 1. The minimum atomic E-state index is 0.218. The SMILES string of the molecule is C=CC(=C)NC(N)=S. The summed E-state index contributed by atoms with van der Waals surface area (Å²) < 4.78 is 0. The molecule has 3 N–H and O–H groups in total. The predicted octanol–water partition coefficient (Wildman–Crippen LogP) is 0.519. The molecule has 0 aromatic rings. The molecular formula is C5H8N2S. The van der Waals surface area contributed by atoms with E-state index in [4.69, 9.17) is 5.73 Å². The molecular weight excluding hydrogens is 120 g/mol. The molecule has 3 heteroatoms. The summed E-state index contributed by atoms with van der Waals surface area (Å²) >= 11 is 4.50. The van der Waals surface area contributed by atoms with Gasteiger partial charge in [-0.05, 0) is 18.3 Å². The summed E-state index contributed by atoms with van der Waals surface area (Å²) in [6, 6.07) is 0. The van der Waals surface area contributed by atoms with E-state index >= 15 is 0 Å². The molecule has 0 rings (SSSR count). The van der Waals surface area contributed by atoms with Crippen LogP contribution in [0, 0.1) is 0 Å². The van der Waals surface area contributed by atoms with Gasteiger partial charge >= 0.3 is 0 Å². The summed E-state index contributed by atoms with van der Waals surface area (Å²) in [6.07, 6.45) is 1.54. The van der Waals surface area contributed by atoms with E-state index in [1.54, 1.807) is 6.08 Å². The Morgan fingerprint density at radius 1 is 1.75 bits per heavy atom. The van der Waals surface area contributed by atoms with Crippen molar-refractivity contribution in [3.05, 3.63) is 24.9 Å². The lowest BCUT2D eigenvalue weighted by Gasteiger charge is -1.98. The van der Waals surface area contributed by atoms with Crippen LogP contribution in [-0.2, 0) is 0 Å². The van der Waals surface area contributed by atoms with Crippen LogP contribution < -0.4 is 11.1 Å². The Balaban J connectivity index is 3.55. The molecule has 0 aromatic heterocycles. The van der Waals surface area contributed by atoms with Gasteiger partial charge in [0.1, 0.15) is 0 Å². The molecule has 44 valence electrons. The van der Waals surface area contributed by atoms with Crippen LogP contribution in [0.2, 0.25) is 0 Å². The number of nitrogens with one attached hydrogen (secondary N) is 1. The Morgan fingerprint density at radius 3 is 2.38 bits per heavy atom. The first-order valence-electron chi connectivity index (χ1n) is 2.04. The van der Waals surface area contributed by atoms with Crippen LogP contribution in [-0.4, -0.2) is 5.11 Å². The molecule has 0 saturated carbocycles. The third-order valence-corrected chi connectivity index (χ3v) is 0.632. The van der Waals surface area contributed by atoms with Crippen molar-refractivity contribution in [3.8, 4) is 0 Å². The molecule has 0 aliphatic heterocycles. The van der Waals surface area contributed by atoms with Crippen LogP contribution in [0.25, 0.3) is 0 Å². The molecule has 0 heterocycles. The van der Waals surface area contributed by atoms with E-state index in [-0.39, 0.29) is 5.11 Å². The Kier molecular flexibility index (Phi) is 2.88. The Bertz CT molecular complexity index is 128. The van der Waals surface area contributed by atoms with Crippen molar-refractivity contribution >= 4 is 17.3 Å². The quantitative estimate of drug-likeness (QED) is 0.420. The van der Waals surface area contributed by atoms with Gasteiger partial charge < -0.3 is 11.1 Å². The fourth-order valence-electron chi connectivity index (χ4n) is 0.209. The van der Waals surface area contributed by atoms with Crippen molar-refractivity contribution in [1.82, 2.24) is 5.32 Å². The number of thiocarbonyl (C=S) groups is 1. The normalized spacial score (nSPS) is 7.50. The monoisotopic (exact) mass is 128 g/mol. The third kappa shape index (κ3) is 3.36. The number of rotatable bonds is 2. The van der Waals surface area contributed by atoms with Gasteiger partial charge in [0.2, 0.25) is 0 Å². The van der Waals surface area contributed by atoms with Crippen molar-refractivity contribution < 1.29 is 0 Å². The van der Waals surface area contributed by atoms with Gasteiger partial charge in [-0.2, -0.15) is 0 Å². The second-order valence-electron chi connectivity index (χ2n) is 1.22. The van der Waals surface area contributed by atoms with E-state index in [1.165, 1.54) is 0 Å². The van der Waals surface area contributed by atoms with Gasteiger partial charge in [0, 0.05) is 5.70 Å².